The Morgan fingerprint density at radius 2 is 2.10 bits per heavy atom. The Morgan fingerprint density at radius 1 is 1.21 bits per heavy atom. The van der Waals surface area contributed by atoms with Crippen LogP contribution < -0.4 is 5.32 Å². The Hall–Kier alpha value is -2.18. The third kappa shape index (κ3) is 3.96. The molecule has 0 amide bonds. The minimum Gasteiger partial charge on any atom is -0.396 e. The van der Waals surface area contributed by atoms with E-state index in [-0.39, 0.29) is 6.17 Å². The number of aliphatic hydroxyl groups excluding tert-OH is 1. The van der Waals surface area contributed by atoms with Crippen molar-refractivity contribution in [1.82, 2.24) is 4.90 Å². The summed E-state index contributed by atoms with van der Waals surface area (Å²) >= 11 is 0. The fourth-order valence-corrected chi connectivity index (χ4v) is 4.96. The maximum atomic E-state index is 9.46. The molecule has 0 aromatic heterocycles. The van der Waals surface area contributed by atoms with Gasteiger partial charge in [0.15, 0.2) is 0 Å². The fourth-order valence-electron chi connectivity index (χ4n) is 4.96. The molecule has 2 heterocycles. The Bertz CT molecular complexity index is 841. The number of hydrogen-bond acceptors (Lipinski definition) is 6. The molecule has 1 aromatic rings. The first-order valence-electron chi connectivity index (χ1n) is 11.0. The van der Waals surface area contributed by atoms with Gasteiger partial charge in [-0.1, -0.05) is 18.2 Å². The average Bonchev–Trinajstić information content (AvgIpc) is 3.44. The van der Waals surface area contributed by atoms with Gasteiger partial charge in [0, 0.05) is 31.0 Å². The number of aliphatic hydroxyl groups is 1. The average molecular weight is 395 g/mol. The highest BCUT2D eigenvalue weighted by atomic mass is 16.5. The van der Waals surface area contributed by atoms with Crippen LogP contribution in [0.15, 0.2) is 45.9 Å². The van der Waals surface area contributed by atoms with Crippen LogP contribution in [0.25, 0.3) is 0 Å². The first-order valence-corrected chi connectivity index (χ1v) is 11.0. The van der Waals surface area contributed by atoms with E-state index in [9.17, 15) is 5.11 Å². The molecule has 0 radical (unpaired) electrons. The van der Waals surface area contributed by atoms with Crippen LogP contribution in [0.3, 0.4) is 0 Å². The first kappa shape index (κ1) is 18.8. The van der Waals surface area contributed by atoms with Crippen LogP contribution in [0.1, 0.15) is 43.6 Å². The molecule has 6 nitrogen and oxygen atoms in total. The van der Waals surface area contributed by atoms with Gasteiger partial charge in [-0.05, 0) is 61.6 Å². The van der Waals surface area contributed by atoms with Gasteiger partial charge >= 0.3 is 0 Å². The largest absolute Gasteiger partial charge is 0.396 e. The number of ether oxygens (including phenoxy) is 1. The van der Waals surface area contributed by atoms with Gasteiger partial charge in [0.1, 0.15) is 6.17 Å². The van der Waals surface area contributed by atoms with Crippen molar-refractivity contribution < 1.29 is 9.84 Å². The number of benzene rings is 1. The predicted octanol–water partition coefficient (Wildman–Crippen LogP) is 3.16. The van der Waals surface area contributed by atoms with Gasteiger partial charge in [-0.2, -0.15) is 0 Å². The van der Waals surface area contributed by atoms with E-state index in [0.29, 0.717) is 18.4 Å². The van der Waals surface area contributed by atoms with Crippen LogP contribution in [0, 0.1) is 5.92 Å². The summed E-state index contributed by atoms with van der Waals surface area (Å²) in [6.45, 7) is 3.49. The summed E-state index contributed by atoms with van der Waals surface area (Å²) in [6.07, 6.45) is 7.63. The van der Waals surface area contributed by atoms with E-state index < -0.39 is 0 Å². The Morgan fingerprint density at radius 3 is 2.93 bits per heavy atom. The van der Waals surface area contributed by atoms with Crippen LogP contribution in [-0.4, -0.2) is 60.8 Å². The van der Waals surface area contributed by atoms with Crippen molar-refractivity contribution in [2.75, 3.05) is 38.2 Å². The molecule has 2 fully saturated rings. The molecule has 154 valence electrons. The maximum Gasteiger partial charge on any atom is 0.223 e. The molecule has 0 spiro atoms. The molecule has 6 heteroatoms. The van der Waals surface area contributed by atoms with E-state index in [0.717, 1.165) is 63.6 Å². The molecule has 29 heavy (non-hydrogen) atoms. The third-order valence-electron chi connectivity index (χ3n) is 6.61. The number of hydrogen-bond donors (Lipinski definition) is 2. The molecule has 5 rings (SSSR count). The maximum absolute atomic E-state index is 9.46. The molecular weight excluding hydrogens is 364 g/mol. The molecule has 2 aliphatic heterocycles. The minimum atomic E-state index is -0.0770. The number of allylic oxidation sites excluding steroid dienone is 1. The quantitative estimate of drug-likeness (QED) is 0.823. The molecule has 3 unspecified atom stereocenters. The van der Waals surface area contributed by atoms with E-state index >= 15 is 0 Å². The van der Waals surface area contributed by atoms with Crippen molar-refractivity contribution in [1.29, 1.82) is 0 Å². The number of rotatable bonds is 4. The lowest BCUT2D eigenvalue weighted by atomic mass is 9.96. The highest BCUT2D eigenvalue weighted by Gasteiger charge is 2.30. The van der Waals surface area contributed by atoms with Crippen molar-refractivity contribution >= 4 is 17.4 Å². The topological polar surface area (TPSA) is 69.5 Å². The standard InChI is InChI=1S/C23H30N4O2/c28-15-16-7-8-18(13-16)17-3-1-4-19(14-17)24-22-20-5-2-6-21(20)25-23(26-22)27-9-11-29-12-10-27/h1,3-5,14,16,18,22,24,28H,2,6-13,15H2. The van der Waals surface area contributed by atoms with Gasteiger partial charge in [-0.15, -0.1) is 0 Å². The van der Waals surface area contributed by atoms with E-state index in [1.807, 2.05) is 0 Å². The lowest BCUT2D eigenvalue weighted by molar-refractivity contribution is 0.0674. The smallest absolute Gasteiger partial charge is 0.223 e. The zero-order valence-electron chi connectivity index (χ0n) is 16.9. The molecule has 4 aliphatic rings. The second-order valence-electron chi connectivity index (χ2n) is 8.52. The molecule has 1 saturated heterocycles. The predicted molar refractivity (Wildman–Crippen MR) is 116 cm³/mol. The highest BCUT2D eigenvalue weighted by Crippen LogP contribution is 2.39. The molecule has 1 saturated carbocycles. The van der Waals surface area contributed by atoms with Gasteiger partial charge in [0.25, 0.3) is 0 Å². The second kappa shape index (κ2) is 8.28. The number of nitrogens with one attached hydrogen (secondary N) is 1. The van der Waals surface area contributed by atoms with Crippen molar-refractivity contribution in [2.45, 2.75) is 44.2 Å². The molecule has 1 aromatic carbocycles. The van der Waals surface area contributed by atoms with Crippen molar-refractivity contribution in [3.05, 3.63) is 41.5 Å². The van der Waals surface area contributed by atoms with E-state index in [4.69, 9.17) is 14.7 Å². The zero-order chi connectivity index (χ0) is 19.6. The Balaban J connectivity index is 1.35. The normalized spacial score (nSPS) is 29.2. The Labute approximate surface area is 172 Å². The van der Waals surface area contributed by atoms with Crippen LogP contribution in [0.4, 0.5) is 5.69 Å². The molecular formula is C23H30N4O2. The number of nitrogens with zero attached hydrogens (tertiary/aromatic N) is 3. The number of aliphatic imine (C=N–C) groups is 2. The lowest BCUT2D eigenvalue weighted by Gasteiger charge is -2.31. The zero-order valence-corrected chi connectivity index (χ0v) is 16.9. The third-order valence-corrected chi connectivity index (χ3v) is 6.61. The van der Waals surface area contributed by atoms with Crippen LogP contribution in [0.2, 0.25) is 0 Å². The number of fused-ring (bicyclic) bond motifs is 1. The SMILES string of the molecule is OCC1CCC(c2cccc(NC3N=C(N4CCOCC4)N=C4CCC=C43)c2)C1. The minimum absolute atomic E-state index is 0.0770. The summed E-state index contributed by atoms with van der Waals surface area (Å²) in [7, 11) is 0. The molecule has 0 bridgehead atoms. The summed E-state index contributed by atoms with van der Waals surface area (Å²) in [4.78, 5) is 12.1. The number of guanidine groups is 1. The van der Waals surface area contributed by atoms with E-state index in [2.05, 4.69) is 40.6 Å². The Kier molecular flexibility index (Phi) is 5.38. The van der Waals surface area contributed by atoms with Gasteiger partial charge < -0.3 is 20.1 Å². The first-order chi connectivity index (χ1) is 14.3. The van der Waals surface area contributed by atoms with E-state index in [1.54, 1.807) is 0 Å². The van der Waals surface area contributed by atoms with Crippen molar-refractivity contribution in [2.24, 2.45) is 15.9 Å². The summed E-state index contributed by atoms with van der Waals surface area (Å²) in [5.74, 6) is 1.85. The van der Waals surface area contributed by atoms with Gasteiger partial charge in [0.05, 0.1) is 18.9 Å². The fraction of sp³-hybridized carbons (Fsp3) is 0.565. The number of anilines is 1. The van der Waals surface area contributed by atoms with Crippen LogP contribution >= 0.6 is 0 Å². The monoisotopic (exact) mass is 394 g/mol. The number of morpholine rings is 1. The van der Waals surface area contributed by atoms with Crippen LogP contribution in [0.5, 0.6) is 0 Å². The van der Waals surface area contributed by atoms with Crippen LogP contribution in [-0.2, 0) is 4.74 Å². The van der Waals surface area contributed by atoms with Crippen molar-refractivity contribution in [3.8, 4) is 0 Å². The summed E-state index contributed by atoms with van der Waals surface area (Å²) in [5, 5.41) is 13.1. The summed E-state index contributed by atoms with van der Waals surface area (Å²) in [5.41, 5.74) is 4.89. The molecule has 3 atom stereocenters. The second-order valence-corrected chi connectivity index (χ2v) is 8.52. The summed E-state index contributed by atoms with van der Waals surface area (Å²) < 4.78 is 5.49. The summed E-state index contributed by atoms with van der Waals surface area (Å²) in [6, 6.07) is 8.76. The van der Waals surface area contributed by atoms with Gasteiger partial charge in [0.2, 0.25) is 5.96 Å². The molecule has 2 aliphatic carbocycles. The lowest BCUT2D eigenvalue weighted by Crippen LogP contribution is -2.43. The highest BCUT2D eigenvalue weighted by molar-refractivity contribution is 6.11. The van der Waals surface area contributed by atoms with Gasteiger partial charge in [-0.25, -0.2) is 9.98 Å². The van der Waals surface area contributed by atoms with E-state index in [1.165, 1.54) is 23.3 Å². The van der Waals surface area contributed by atoms with Gasteiger partial charge in [-0.3, -0.25) is 0 Å². The molecule has 2 N–H and O–H groups in total. The van der Waals surface area contributed by atoms with Crippen molar-refractivity contribution in [3.63, 3.8) is 0 Å².